The second-order valence-electron chi connectivity index (χ2n) is 6.27. The Hall–Kier alpha value is -0.580. The maximum Gasteiger partial charge on any atom is 0.0945 e. The summed E-state index contributed by atoms with van der Waals surface area (Å²) < 4.78 is 6.88. The van der Waals surface area contributed by atoms with E-state index in [0.29, 0.717) is 19.3 Å². The highest BCUT2D eigenvalue weighted by atomic mass is 79.9. The molecule has 0 heterocycles. The van der Waals surface area contributed by atoms with Gasteiger partial charge in [0.05, 0.1) is 18.8 Å². The third kappa shape index (κ3) is 5.97. The van der Waals surface area contributed by atoms with Gasteiger partial charge in [-0.2, -0.15) is 0 Å². The van der Waals surface area contributed by atoms with Crippen LogP contribution in [-0.2, 0) is 4.74 Å². The van der Waals surface area contributed by atoms with Crippen molar-refractivity contribution in [1.82, 2.24) is 0 Å². The van der Waals surface area contributed by atoms with Gasteiger partial charge in [0.2, 0.25) is 0 Å². The van der Waals surface area contributed by atoms with Crippen molar-refractivity contribution < 1.29 is 9.84 Å². The number of nitrogens with one attached hydrogen (secondary N) is 1. The van der Waals surface area contributed by atoms with Crippen molar-refractivity contribution in [3.8, 4) is 0 Å². The van der Waals surface area contributed by atoms with E-state index in [-0.39, 0.29) is 0 Å². The molecule has 0 radical (unpaired) electrons. The summed E-state index contributed by atoms with van der Waals surface area (Å²) in [5.41, 5.74) is 2.21. The van der Waals surface area contributed by atoms with Crippen molar-refractivity contribution in [2.24, 2.45) is 5.92 Å². The first-order valence-corrected chi connectivity index (χ1v) is 8.63. The van der Waals surface area contributed by atoms with Gasteiger partial charge in [0.15, 0.2) is 0 Å². The predicted molar refractivity (Wildman–Crippen MR) is 90.7 cm³/mol. The molecule has 1 atom stereocenters. The zero-order valence-electron chi connectivity index (χ0n) is 12.9. The first-order valence-electron chi connectivity index (χ1n) is 7.83. The highest BCUT2D eigenvalue weighted by Gasteiger charge is 2.19. The number of hydrogen-bond acceptors (Lipinski definition) is 3. The summed E-state index contributed by atoms with van der Waals surface area (Å²) in [6.07, 6.45) is 4.62. The van der Waals surface area contributed by atoms with Gasteiger partial charge in [-0.05, 0) is 62.3 Å². The average Bonchev–Trinajstić information content (AvgIpc) is 2.43. The second kappa shape index (κ2) is 8.16. The van der Waals surface area contributed by atoms with Crippen LogP contribution in [0, 0.1) is 12.8 Å². The van der Waals surface area contributed by atoms with Gasteiger partial charge < -0.3 is 15.2 Å². The van der Waals surface area contributed by atoms with E-state index in [1.807, 2.05) is 6.07 Å². The fraction of sp³-hybridized carbons (Fsp3) is 0.647. The minimum atomic E-state index is -0.469. The molecule has 1 aromatic carbocycles. The fourth-order valence-corrected chi connectivity index (χ4v) is 3.38. The number of ether oxygens (including phenoxy) is 1. The van der Waals surface area contributed by atoms with E-state index in [0.717, 1.165) is 28.9 Å². The van der Waals surface area contributed by atoms with Crippen LogP contribution in [-0.4, -0.2) is 30.5 Å². The number of halogens is 1. The van der Waals surface area contributed by atoms with Crippen LogP contribution in [0.4, 0.5) is 5.69 Å². The number of anilines is 1. The van der Waals surface area contributed by atoms with Gasteiger partial charge in [-0.15, -0.1) is 0 Å². The van der Waals surface area contributed by atoms with Gasteiger partial charge in [0.25, 0.3) is 0 Å². The van der Waals surface area contributed by atoms with Crippen LogP contribution in [0.1, 0.15) is 38.2 Å². The van der Waals surface area contributed by atoms with Crippen LogP contribution >= 0.6 is 15.9 Å². The molecule has 0 bridgehead atoms. The Bertz CT molecular complexity index is 424. The largest absolute Gasteiger partial charge is 0.389 e. The number of aryl methyl sites for hydroxylation is 1. The fourth-order valence-electron chi connectivity index (χ4n) is 2.78. The lowest BCUT2D eigenvalue weighted by atomic mass is 9.89. The maximum atomic E-state index is 10.0. The minimum Gasteiger partial charge on any atom is -0.389 e. The van der Waals surface area contributed by atoms with Crippen LogP contribution in [0.2, 0.25) is 0 Å². The van der Waals surface area contributed by atoms with Crippen LogP contribution in [0.3, 0.4) is 0 Å². The Balaban J connectivity index is 1.68. The lowest BCUT2D eigenvalue weighted by molar-refractivity contribution is -0.0245. The van der Waals surface area contributed by atoms with Gasteiger partial charge in [0, 0.05) is 16.7 Å². The molecule has 1 aromatic rings. The van der Waals surface area contributed by atoms with E-state index in [1.54, 1.807) is 0 Å². The molecule has 2 N–H and O–H groups in total. The molecule has 1 fully saturated rings. The van der Waals surface area contributed by atoms with E-state index in [2.05, 4.69) is 47.2 Å². The molecular weight excluding hydrogens is 330 g/mol. The molecule has 0 spiro atoms. The van der Waals surface area contributed by atoms with Crippen molar-refractivity contribution in [1.29, 1.82) is 0 Å². The summed E-state index contributed by atoms with van der Waals surface area (Å²) in [6, 6.07) is 6.15. The van der Waals surface area contributed by atoms with Gasteiger partial charge in [-0.1, -0.05) is 22.9 Å². The summed E-state index contributed by atoms with van der Waals surface area (Å²) in [6.45, 7) is 5.28. The zero-order chi connectivity index (χ0) is 15.2. The quantitative estimate of drug-likeness (QED) is 0.806. The highest BCUT2D eigenvalue weighted by molar-refractivity contribution is 9.10. The molecule has 0 saturated heterocycles. The highest BCUT2D eigenvalue weighted by Crippen LogP contribution is 2.25. The average molecular weight is 356 g/mol. The molecule has 2 rings (SSSR count). The van der Waals surface area contributed by atoms with E-state index < -0.39 is 6.10 Å². The molecule has 1 aliphatic rings. The van der Waals surface area contributed by atoms with E-state index in [9.17, 15) is 5.11 Å². The normalized spacial score (nSPS) is 23.8. The molecule has 118 valence electrons. The summed E-state index contributed by atoms with van der Waals surface area (Å²) in [5.74, 6) is 0.830. The Labute approximate surface area is 136 Å². The number of rotatable bonds is 6. The van der Waals surface area contributed by atoms with Crippen LogP contribution in [0.15, 0.2) is 22.7 Å². The minimum absolute atomic E-state index is 0.337. The van der Waals surface area contributed by atoms with Crippen molar-refractivity contribution in [3.63, 3.8) is 0 Å². The topological polar surface area (TPSA) is 41.5 Å². The smallest absolute Gasteiger partial charge is 0.0945 e. The summed E-state index contributed by atoms with van der Waals surface area (Å²) >= 11 is 3.48. The summed E-state index contributed by atoms with van der Waals surface area (Å²) in [7, 11) is 0. The summed E-state index contributed by atoms with van der Waals surface area (Å²) in [4.78, 5) is 0. The van der Waals surface area contributed by atoms with E-state index in [4.69, 9.17) is 4.74 Å². The van der Waals surface area contributed by atoms with Crippen LogP contribution < -0.4 is 5.32 Å². The first kappa shape index (κ1) is 16.8. The van der Waals surface area contributed by atoms with E-state index in [1.165, 1.54) is 18.4 Å². The third-order valence-corrected chi connectivity index (χ3v) is 4.53. The molecule has 1 saturated carbocycles. The molecule has 0 aliphatic heterocycles. The Kier molecular flexibility index (Phi) is 6.52. The Morgan fingerprint density at radius 3 is 2.67 bits per heavy atom. The maximum absolute atomic E-state index is 10.0. The lowest BCUT2D eigenvalue weighted by Crippen LogP contribution is -2.29. The van der Waals surface area contributed by atoms with E-state index >= 15 is 0 Å². The monoisotopic (exact) mass is 355 g/mol. The van der Waals surface area contributed by atoms with Gasteiger partial charge >= 0.3 is 0 Å². The SMILES string of the molecule is Cc1cc(Br)cc(NCC(O)COC2CCC(C)CC2)c1. The zero-order valence-corrected chi connectivity index (χ0v) is 14.5. The van der Waals surface area contributed by atoms with Crippen molar-refractivity contribution in [2.45, 2.75) is 51.7 Å². The number of benzene rings is 1. The molecule has 0 aromatic heterocycles. The lowest BCUT2D eigenvalue weighted by Gasteiger charge is -2.27. The van der Waals surface area contributed by atoms with Gasteiger partial charge in [0.1, 0.15) is 0 Å². The van der Waals surface area contributed by atoms with Gasteiger partial charge in [-0.25, -0.2) is 0 Å². The first-order chi connectivity index (χ1) is 10.0. The Morgan fingerprint density at radius 1 is 1.29 bits per heavy atom. The predicted octanol–water partition coefficient (Wildman–Crippen LogP) is 4.13. The standard InChI is InChI=1S/C17H26BrNO2/c1-12-3-5-17(6-4-12)21-11-16(20)10-19-15-8-13(2)7-14(18)9-15/h7-9,12,16-17,19-20H,3-6,10-11H2,1-2H3. The molecule has 3 nitrogen and oxygen atoms in total. The number of hydrogen-bond donors (Lipinski definition) is 2. The van der Waals surface area contributed by atoms with Crippen molar-refractivity contribution in [2.75, 3.05) is 18.5 Å². The number of aliphatic hydroxyl groups excluding tert-OH is 1. The van der Waals surface area contributed by atoms with Crippen LogP contribution in [0.25, 0.3) is 0 Å². The molecule has 1 aliphatic carbocycles. The molecule has 4 heteroatoms. The van der Waals surface area contributed by atoms with Crippen LogP contribution in [0.5, 0.6) is 0 Å². The second-order valence-corrected chi connectivity index (χ2v) is 7.18. The number of aliphatic hydroxyl groups is 1. The van der Waals surface area contributed by atoms with Gasteiger partial charge in [-0.3, -0.25) is 0 Å². The molecule has 21 heavy (non-hydrogen) atoms. The third-order valence-electron chi connectivity index (χ3n) is 4.07. The molecule has 1 unspecified atom stereocenters. The Morgan fingerprint density at radius 2 is 2.00 bits per heavy atom. The molecule has 0 amide bonds. The molecular formula is C17H26BrNO2. The summed E-state index contributed by atoms with van der Waals surface area (Å²) in [5, 5.41) is 13.3. The van der Waals surface area contributed by atoms with Crippen molar-refractivity contribution >= 4 is 21.6 Å². The van der Waals surface area contributed by atoms with Crippen molar-refractivity contribution in [3.05, 3.63) is 28.2 Å².